The molecule has 0 fully saturated rings. The topological polar surface area (TPSA) is 29.1 Å². The molecule has 2 aromatic rings. The monoisotopic (exact) mass is 337 g/mol. The molecule has 0 unspecified atom stereocenters. The van der Waals surface area contributed by atoms with E-state index >= 15 is 0 Å². The van der Waals surface area contributed by atoms with Crippen molar-refractivity contribution in [1.29, 1.82) is 0 Å². The van der Waals surface area contributed by atoms with Gasteiger partial charge in [-0.25, -0.2) is 0 Å². The summed E-state index contributed by atoms with van der Waals surface area (Å²) >= 11 is 9.30. The number of para-hydroxylation sites is 1. The quantitative estimate of drug-likeness (QED) is 0.846. The Hall–Kier alpha value is -1.32. The first-order valence-corrected chi connectivity index (χ1v) is 7.13. The van der Waals surface area contributed by atoms with Crippen LogP contribution in [0.2, 0.25) is 5.02 Å². The second-order valence-electron chi connectivity index (χ2n) is 4.09. The third kappa shape index (κ3) is 3.37. The van der Waals surface area contributed by atoms with Gasteiger partial charge < -0.3 is 5.32 Å². The first kappa shape index (κ1) is 14.1. The summed E-state index contributed by atoms with van der Waals surface area (Å²) in [5, 5.41) is 3.44. The van der Waals surface area contributed by atoms with Gasteiger partial charge in [0.25, 0.3) is 5.91 Å². The molecule has 2 aromatic carbocycles. The molecule has 0 aliphatic carbocycles. The minimum absolute atomic E-state index is 0.157. The van der Waals surface area contributed by atoms with Crippen LogP contribution in [0.15, 0.2) is 46.9 Å². The van der Waals surface area contributed by atoms with Crippen LogP contribution >= 0.6 is 27.5 Å². The molecule has 0 atom stereocenters. The molecule has 0 radical (unpaired) electrons. The Morgan fingerprint density at radius 3 is 2.68 bits per heavy atom. The van der Waals surface area contributed by atoms with Gasteiger partial charge in [0.2, 0.25) is 0 Å². The van der Waals surface area contributed by atoms with Crippen molar-refractivity contribution in [2.45, 2.75) is 13.3 Å². The molecule has 4 heteroatoms. The molecular weight excluding hydrogens is 326 g/mol. The smallest absolute Gasteiger partial charge is 0.255 e. The van der Waals surface area contributed by atoms with E-state index in [1.807, 2.05) is 24.3 Å². The van der Waals surface area contributed by atoms with Gasteiger partial charge in [-0.1, -0.05) is 36.7 Å². The molecule has 0 saturated carbocycles. The molecular formula is C15H13BrClNO. The second kappa shape index (κ2) is 6.22. The minimum Gasteiger partial charge on any atom is -0.322 e. The van der Waals surface area contributed by atoms with E-state index in [9.17, 15) is 4.79 Å². The lowest BCUT2D eigenvalue weighted by Crippen LogP contribution is -2.13. The summed E-state index contributed by atoms with van der Waals surface area (Å²) in [6, 6.07) is 12.9. The summed E-state index contributed by atoms with van der Waals surface area (Å²) in [4.78, 5) is 12.2. The fraction of sp³-hybridized carbons (Fsp3) is 0.133. The molecule has 19 heavy (non-hydrogen) atoms. The average molecular weight is 339 g/mol. The lowest BCUT2D eigenvalue weighted by Gasteiger charge is -2.10. The number of benzene rings is 2. The molecule has 0 aliphatic rings. The maximum absolute atomic E-state index is 12.2. The van der Waals surface area contributed by atoms with Crippen LogP contribution < -0.4 is 5.32 Å². The van der Waals surface area contributed by atoms with Crippen LogP contribution in [0.25, 0.3) is 0 Å². The number of aryl methyl sites for hydroxylation is 1. The van der Waals surface area contributed by atoms with E-state index in [2.05, 4.69) is 28.2 Å². The standard InChI is InChI=1S/C15H13BrClNO/c1-2-10-5-3-4-6-14(10)18-15(19)11-7-8-12(16)13(17)9-11/h3-9H,2H2,1H3,(H,18,19). The zero-order valence-electron chi connectivity index (χ0n) is 10.4. The second-order valence-corrected chi connectivity index (χ2v) is 5.36. The highest BCUT2D eigenvalue weighted by atomic mass is 79.9. The first-order chi connectivity index (χ1) is 9.11. The number of amides is 1. The number of nitrogens with one attached hydrogen (secondary N) is 1. The number of carbonyl (C=O) groups is 1. The van der Waals surface area contributed by atoms with Gasteiger partial charge >= 0.3 is 0 Å². The molecule has 0 spiro atoms. The SMILES string of the molecule is CCc1ccccc1NC(=O)c1ccc(Br)c(Cl)c1. The highest BCUT2D eigenvalue weighted by Gasteiger charge is 2.09. The molecule has 98 valence electrons. The lowest BCUT2D eigenvalue weighted by molar-refractivity contribution is 0.102. The number of hydrogen-bond donors (Lipinski definition) is 1. The van der Waals surface area contributed by atoms with E-state index in [0.717, 1.165) is 22.1 Å². The van der Waals surface area contributed by atoms with Gasteiger partial charge in [-0.15, -0.1) is 0 Å². The van der Waals surface area contributed by atoms with E-state index in [4.69, 9.17) is 11.6 Å². The number of hydrogen-bond acceptors (Lipinski definition) is 1. The Morgan fingerprint density at radius 2 is 2.00 bits per heavy atom. The van der Waals surface area contributed by atoms with E-state index in [-0.39, 0.29) is 5.91 Å². The van der Waals surface area contributed by atoms with Crippen LogP contribution in [0.4, 0.5) is 5.69 Å². The van der Waals surface area contributed by atoms with Gasteiger partial charge in [-0.2, -0.15) is 0 Å². The Labute approximate surface area is 125 Å². The Balaban J connectivity index is 2.23. The number of halogens is 2. The van der Waals surface area contributed by atoms with Crippen molar-refractivity contribution in [2.24, 2.45) is 0 Å². The first-order valence-electron chi connectivity index (χ1n) is 5.96. The van der Waals surface area contributed by atoms with Gasteiger partial charge in [0.15, 0.2) is 0 Å². The largest absolute Gasteiger partial charge is 0.322 e. The fourth-order valence-electron chi connectivity index (χ4n) is 1.78. The molecule has 0 bridgehead atoms. The molecule has 1 amide bonds. The van der Waals surface area contributed by atoms with E-state index in [1.54, 1.807) is 18.2 Å². The normalized spacial score (nSPS) is 10.3. The number of carbonyl (C=O) groups excluding carboxylic acids is 1. The fourth-order valence-corrected chi connectivity index (χ4v) is 2.21. The van der Waals surface area contributed by atoms with Crippen LogP contribution in [0.3, 0.4) is 0 Å². The van der Waals surface area contributed by atoms with Gasteiger partial charge in [0.05, 0.1) is 5.02 Å². The highest BCUT2D eigenvalue weighted by Crippen LogP contribution is 2.24. The summed E-state index contributed by atoms with van der Waals surface area (Å²) in [5.74, 6) is -0.157. The third-order valence-corrected chi connectivity index (χ3v) is 4.06. The van der Waals surface area contributed by atoms with Gasteiger partial charge in [-0.3, -0.25) is 4.79 Å². The lowest BCUT2D eigenvalue weighted by atomic mass is 10.1. The van der Waals surface area contributed by atoms with Crippen molar-refractivity contribution in [2.75, 3.05) is 5.32 Å². The van der Waals surface area contributed by atoms with Crippen molar-refractivity contribution in [1.82, 2.24) is 0 Å². The average Bonchev–Trinajstić information content (AvgIpc) is 2.42. The zero-order chi connectivity index (χ0) is 13.8. The van der Waals surface area contributed by atoms with E-state index < -0.39 is 0 Å². The molecule has 2 nitrogen and oxygen atoms in total. The van der Waals surface area contributed by atoms with Crippen LogP contribution in [0, 0.1) is 0 Å². The van der Waals surface area contributed by atoms with Crippen molar-refractivity contribution >= 4 is 39.1 Å². The van der Waals surface area contributed by atoms with E-state index in [0.29, 0.717) is 10.6 Å². The summed E-state index contributed by atoms with van der Waals surface area (Å²) in [6.07, 6.45) is 0.873. The molecule has 0 saturated heterocycles. The Bertz CT molecular complexity index is 613. The van der Waals surface area contributed by atoms with Crippen molar-refractivity contribution in [3.8, 4) is 0 Å². The van der Waals surface area contributed by atoms with Gasteiger partial charge in [0.1, 0.15) is 0 Å². The maximum atomic E-state index is 12.2. The summed E-state index contributed by atoms with van der Waals surface area (Å²) in [7, 11) is 0. The Kier molecular flexibility index (Phi) is 4.61. The van der Waals surface area contributed by atoms with Crippen molar-refractivity contribution in [3.05, 3.63) is 63.1 Å². The molecule has 2 rings (SSSR count). The zero-order valence-corrected chi connectivity index (χ0v) is 12.8. The predicted octanol–water partition coefficient (Wildman–Crippen LogP) is 4.92. The van der Waals surface area contributed by atoms with Crippen molar-refractivity contribution < 1.29 is 4.79 Å². The molecule has 0 aromatic heterocycles. The summed E-state index contributed by atoms with van der Waals surface area (Å²) in [6.45, 7) is 2.06. The third-order valence-electron chi connectivity index (χ3n) is 2.83. The number of anilines is 1. The van der Waals surface area contributed by atoms with Gasteiger partial charge in [0, 0.05) is 15.7 Å². The predicted molar refractivity (Wildman–Crippen MR) is 82.9 cm³/mol. The van der Waals surface area contributed by atoms with Crippen LogP contribution in [-0.2, 0) is 6.42 Å². The summed E-state index contributed by atoms with van der Waals surface area (Å²) in [5.41, 5.74) is 2.49. The molecule has 0 heterocycles. The Morgan fingerprint density at radius 1 is 1.26 bits per heavy atom. The van der Waals surface area contributed by atoms with Crippen LogP contribution in [0.5, 0.6) is 0 Å². The minimum atomic E-state index is -0.157. The maximum Gasteiger partial charge on any atom is 0.255 e. The van der Waals surface area contributed by atoms with Gasteiger partial charge in [-0.05, 0) is 52.2 Å². The molecule has 0 aliphatic heterocycles. The number of rotatable bonds is 3. The highest BCUT2D eigenvalue weighted by molar-refractivity contribution is 9.10. The van der Waals surface area contributed by atoms with Crippen molar-refractivity contribution in [3.63, 3.8) is 0 Å². The van der Waals surface area contributed by atoms with Crippen LogP contribution in [-0.4, -0.2) is 5.91 Å². The molecule has 1 N–H and O–H groups in total. The summed E-state index contributed by atoms with van der Waals surface area (Å²) < 4.78 is 0.777. The van der Waals surface area contributed by atoms with E-state index in [1.165, 1.54) is 0 Å². The van der Waals surface area contributed by atoms with Crippen LogP contribution in [0.1, 0.15) is 22.8 Å².